The van der Waals surface area contributed by atoms with Crippen LogP contribution in [-0.2, 0) is 4.79 Å². The Hall–Kier alpha value is -0.420. The van der Waals surface area contributed by atoms with Gasteiger partial charge in [0.1, 0.15) is 5.37 Å². The quantitative estimate of drug-likeness (QED) is 0.925. The van der Waals surface area contributed by atoms with Crippen LogP contribution in [-0.4, -0.2) is 34.3 Å². The van der Waals surface area contributed by atoms with E-state index in [9.17, 15) is 4.79 Å². The fourth-order valence-electron chi connectivity index (χ4n) is 2.16. The number of rotatable bonds is 4. The molecular formula is C13H15Cl2NO2S. The summed E-state index contributed by atoms with van der Waals surface area (Å²) < 4.78 is 0. The summed E-state index contributed by atoms with van der Waals surface area (Å²) in [6, 6.07) is 5.33. The summed E-state index contributed by atoms with van der Waals surface area (Å²) in [5.74, 6) is 0.0672. The van der Waals surface area contributed by atoms with Crippen molar-refractivity contribution < 1.29 is 9.90 Å². The molecule has 0 spiro atoms. The monoisotopic (exact) mass is 319 g/mol. The topological polar surface area (TPSA) is 40.5 Å². The average molecular weight is 320 g/mol. The molecule has 0 bridgehead atoms. The largest absolute Gasteiger partial charge is 0.396 e. The smallest absolute Gasteiger partial charge is 0.237 e. The maximum Gasteiger partial charge on any atom is 0.237 e. The zero-order valence-corrected chi connectivity index (χ0v) is 12.8. The van der Waals surface area contributed by atoms with E-state index in [2.05, 4.69) is 0 Å². The first-order valence-electron chi connectivity index (χ1n) is 6.10. The van der Waals surface area contributed by atoms with E-state index in [1.165, 1.54) is 11.8 Å². The molecule has 6 heteroatoms. The van der Waals surface area contributed by atoms with E-state index in [0.29, 0.717) is 23.0 Å². The van der Waals surface area contributed by atoms with Gasteiger partial charge in [-0.05, 0) is 25.5 Å². The first-order chi connectivity index (χ1) is 9.08. The van der Waals surface area contributed by atoms with Crippen molar-refractivity contribution in [1.29, 1.82) is 0 Å². The van der Waals surface area contributed by atoms with E-state index in [-0.39, 0.29) is 23.1 Å². The third-order valence-corrected chi connectivity index (χ3v) is 5.19. The maximum absolute atomic E-state index is 12.2. The molecular weight excluding hydrogens is 305 g/mol. The second-order valence-corrected chi connectivity index (χ2v) is 6.41. The number of carbonyl (C=O) groups is 1. The molecule has 1 N–H and O–H groups in total. The Morgan fingerprint density at radius 2 is 2.16 bits per heavy atom. The van der Waals surface area contributed by atoms with Crippen LogP contribution in [0.5, 0.6) is 0 Å². The minimum Gasteiger partial charge on any atom is -0.396 e. The number of thioether (sulfide) groups is 1. The van der Waals surface area contributed by atoms with Gasteiger partial charge in [-0.1, -0.05) is 29.3 Å². The number of benzene rings is 1. The van der Waals surface area contributed by atoms with Gasteiger partial charge in [0.25, 0.3) is 0 Å². The highest BCUT2D eigenvalue weighted by molar-refractivity contribution is 8.01. The van der Waals surface area contributed by atoms with Gasteiger partial charge in [0.05, 0.1) is 5.25 Å². The molecule has 2 atom stereocenters. The Bertz CT molecular complexity index is 484. The summed E-state index contributed by atoms with van der Waals surface area (Å²) >= 11 is 13.7. The number of halogens is 2. The van der Waals surface area contributed by atoms with Crippen LogP contribution in [0.1, 0.15) is 24.3 Å². The fraction of sp³-hybridized carbons (Fsp3) is 0.462. The van der Waals surface area contributed by atoms with Crippen LogP contribution in [0.2, 0.25) is 10.0 Å². The molecule has 2 unspecified atom stereocenters. The number of carbonyl (C=O) groups excluding carboxylic acids is 1. The van der Waals surface area contributed by atoms with Crippen LogP contribution in [0.3, 0.4) is 0 Å². The normalized spacial score (nSPS) is 23.2. The molecule has 1 saturated heterocycles. The Kier molecular flexibility index (Phi) is 5.01. The lowest BCUT2D eigenvalue weighted by molar-refractivity contribution is -0.130. The van der Waals surface area contributed by atoms with Crippen LogP contribution in [0.4, 0.5) is 0 Å². The molecule has 1 aromatic rings. The SMILES string of the molecule is CCN1C(=O)C(CCO)SC1c1ccc(Cl)cc1Cl. The molecule has 1 amide bonds. The highest BCUT2D eigenvalue weighted by atomic mass is 35.5. The third-order valence-electron chi connectivity index (χ3n) is 3.10. The van der Waals surface area contributed by atoms with Gasteiger partial charge in [-0.2, -0.15) is 0 Å². The summed E-state index contributed by atoms with van der Waals surface area (Å²) in [6.07, 6.45) is 0.474. The van der Waals surface area contributed by atoms with Crippen LogP contribution in [0.15, 0.2) is 18.2 Å². The molecule has 1 heterocycles. The fourth-order valence-corrected chi connectivity index (χ4v) is 4.29. The molecule has 0 aliphatic carbocycles. The molecule has 0 aromatic heterocycles. The number of hydrogen-bond acceptors (Lipinski definition) is 3. The first-order valence-corrected chi connectivity index (χ1v) is 7.80. The van der Waals surface area contributed by atoms with E-state index in [4.69, 9.17) is 28.3 Å². The van der Waals surface area contributed by atoms with Gasteiger partial charge in [-0.25, -0.2) is 0 Å². The van der Waals surface area contributed by atoms with Crippen molar-refractivity contribution in [2.75, 3.05) is 13.2 Å². The zero-order valence-electron chi connectivity index (χ0n) is 10.5. The summed E-state index contributed by atoms with van der Waals surface area (Å²) in [6.45, 7) is 2.58. The lowest BCUT2D eigenvalue weighted by atomic mass is 10.2. The van der Waals surface area contributed by atoms with Crippen molar-refractivity contribution in [3.05, 3.63) is 33.8 Å². The molecule has 104 valence electrons. The van der Waals surface area contributed by atoms with Crippen molar-refractivity contribution in [3.8, 4) is 0 Å². The van der Waals surface area contributed by atoms with Crippen LogP contribution < -0.4 is 0 Å². The van der Waals surface area contributed by atoms with Gasteiger partial charge in [0.15, 0.2) is 0 Å². The third kappa shape index (κ3) is 3.02. The number of aliphatic hydroxyl groups is 1. The van der Waals surface area contributed by atoms with Crippen LogP contribution in [0.25, 0.3) is 0 Å². The van der Waals surface area contributed by atoms with Crippen molar-refractivity contribution in [2.45, 2.75) is 24.0 Å². The number of amides is 1. The number of hydrogen-bond donors (Lipinski definition) is 1. The van der Waals surface area contributed by atoms with Gasteiger partial charge in [-0.3, -0.25) is 4.79 Å². The minimum absolute atomic E-state index is 0.0159. The summed E-state index contributed by atoms with van der Waals surface area (Å²) in [4.78, 5) is 14.0. The van der Waals surface area contributed by atoms with Crippen molar-refractivity contribution >= 4 is 40.9 Å². The van der Waals surface area contributed by atoms with Crippen LogP contribution >= 0.6 is 35.0 Å². The Morgan fingerprint density at radius 1 is 1.42 bits per heavy atom. The standard InChI is InChI=1S/C13H15Cl2NO2S/c1-2-16-12(18)11(5-6-17)19-13(16)9-4-3-8(14)7-10(9)15/h3-4,7,11,13,17H,2,5-6H2,1H3. The van der Waals surface area contributed by atoms with Crippen molar-refractivity contribution in [2.24, 2.45) is 0 Å². The molecule has 0 radical (unpaired) electrons. The molecule has 1 aliphatic heterocycles. The minimum atomic E-state index is -0.193. The summed E-state index contributed by atoms with van der Waals surface area (Å²) in [5, 5.41) is 9.88. The van der Waals surface area contributed by atoms with Crippen molar-refractivity contribution in [3.63, 3.8) is 0 Å². The van der Waals surface area contributed by atoms with E-state index < -0.39 is 0 Å². The predicted octanol–water partition coefficient (Wildman–Crippen LogP) is 3.34. The van der Waals surface area contributed by atoms with Crippen LogP contribution in [0, 0.1) is 0 Å². The van der Waals surface area contributed by atoms with E-state index in [1.54, 1.807) is 17.0 Å². The van der Waals surface area contributed by atoms with Gasteiger partial charge < -0.3 is 10.0 Å². The van der Waals surface area contributed by atoms with Gasteiger partial charge in [0, 0.05) is 28.8 Å². The molecule has 19 heavy (non-hydrogen) atoms. The Balaban J connectivity index is 2.30. The number of nitrogens with zero attached hydrogens (tertiary/aromatic N) is 1. The van der Waals surface area contributed by atoms with E-state index >= 15 is 0 Å². The summed E-state index contributed by atoms with van der Waals surface area (Å²) in [7, 11) is 0. The highest BCUT2D eigenvalue weighted by Gasteiger charge is 2.40. The number of aliphatic hydroxyl groups excluding tert-OH is 1. The van der Waals surface area contributed by atoms with E-state index in [1.807, 2.05) is 13.0 Å². The summed E-state index contributed by atoms with van der Waals surface area (Å²) in [5.41, 5.74) is 0.895. The second kappa shape index (κ2) is 6.35. The molecule has 1 aliphatic rings. The molecule has 0 saturated carbocycles. The lowest BCUT2D eigenvalue weighted by Gasteiger charge is -2.23. The lowest BCUT2D eigenvalue weighted by Crippen LogP contribution is -2.31. The zero-order chi connectivity index (χ0) is 14.0. The highest BCUT2D eigenvalue weighted by Crippen LogP contribution is 2.46. The average Bonchev–Trinajstić information content (AvgIpc) is 2.67. The molecule has 1 fully saturated rings. The Labute approximate surface area is 126 Å². The second-order valence-electron chi connectivity index (χ2n) is 4.28. The maximum atomic E-state index is 12.2. The van der Waals surface area contributed by atoms with Gasteiger partial charge in [0.2, 0.25) is 5.91 Å². The van der Waals surface area contributed by atoms with E-state index in [0.717, 1.165) is 5.56 Å². The van der Waals surface area contributed by atoms with Gasteiger partial charge >= 0.3 is 0 Å². The van der Waals surface area contributed by atoms with Crippen molar-refractivity contribution in [1.82, 2.24) is 4.90 Å². The predicted molar refractivity (Wildman–Crippen MR) is 79.7 cm³/mol. The molecule has 2 rings (SSSR count). The molecule has 3 nitrogen and oxygen atoms in total. The first kappa shape index (κ1) is 15.0. The van der Waals surface area contributed by atoms with Gasteiger partial charge in [-0.15, -0.1) is 11.8 Å². The Morgan fingerprint density at radius 3 is 2.74 bits per heavy atom. The molecule has 1 aromatic carbocycles.